The third-order valence-corrected chi connectivity index (χ3v) is 3.57. The van der Waals surface area contributed by atoms with Gasteiger partial charge in [0.05, 0.1) is 6.10 Å². The predicted molar refractivity (Wildman–Crippen MR) is 84.1 cm³/mol. The number of hydrazine groups is 1. The number of nitrogens with zero attached hydrogens (tertiary/aromatic N) is 1. The quantitative estimate of drug-likeness (QED) is 0.620. The molecule has 21 heavy (non-hydrogen) atoms. The van der Waals surface area contributed by atoms with Crippen molar-refractivity contribution >= 4 is 11.7 Å². The maximum Gasteiger partial charge on any atom is 0.329 e. The minimum absolute atomic E-state index is 0.123. The summed E-state index contributed by atoms with van der Waals surface area (Å²) in [5.74, 6) is -0.270. The Hall–Kier alpha value is -1.59. The van der Waals surface area contributed by atoms with E-state index in [1.165, 1.54) is 18.5 Å². The topological polar surface area (TPSA) is 53.6 Å². The summed E-state index contributed by atoms with van der Waals surface area (Å²) in [6, 6.07) is 7.64. The van der Waals surface area contributed by atoms with E-state index in [4.69, 9.17) is 4.74 Å². The van der Waals surface area contributed by atoms with Gasteiger partial charge in [0.25, 0.3) is 0 Å². The van der Waals surface area contributed by atoms with Gasteiger partial charge in [-0.2, -0.15) is 0 Å². The van der Waals surface area contributed by atoms with E-state index in [9.17, 15) is 4.79 Å². The average Bonchev–Trinajstić information content (AvgIpc) is 2.98. The predicted octanol–water partition coefficient (Wildman–Crippen LogP) is 2.00. The normalized spacial score (nSPS) is 16.3. The number of rotatable bonds is 6. The molecule has 116 valence electrons. The van der Waals surface area contributed by atoms with Gasteiger partial charge in [-0.25, -0.2) is 10.2 Å². The number of benzene rings is 1. The molecule has 5 nitrogen and oxygen atoms in total. The third-order valence-electron chi connectivity index (χ3n) is 3.57. The number of esters is 1. The number of anilines is 1. The van der Waals surface area contributed by atoms with E-state index < -0.39 is 6.04 Å². The summed E-state index contributed by atoms with van der Waals surface area (Å²) in [4.78, 5) is 14.5. The van der Waals surface area contributed by atoms with E-state index in [0.29, 0.717) is 0 Å². The Labute approximate surface area is 126 Å². The first kappa shape index (κ1) is 15.8. The SMILES string of the molecule is CNNC(C(=O)OC(C)C)c1ccc(N2CCCC2)cc1. The standard InChI is InChI=1S/C16H25N3O2/c1-12(2)21-16(20)15(18-17-3)13-6-8-14(9-7-13)19-10-4-5-11-19/h6-9,12,15,17-18H,4-5,10-11H2,1-3H3. The first-order chi connectivity index (χ1) is 10.1. The fraction of sp³-hybridized carbons (Fsp3) is 0.562. The molecule has 0 radical (unpaired) electrons. The summed E-state index contributed by atoms with van der Waals surface area (Å²) in [6.07, 6.45) is 2.39. The smallest absolute Gasteiger partial charge is 0.329 e. The van der Waals surface area contributed by atoms with Gasteiger partial charge in [0.15, 0.2) is 0 Å². The lowest BCUT2D eigenvalue weighted by Gasteiger charge is -2.21. The molecule has 2 N–H and O–H groups in total. The summed E-state index contributed by atoms with van der Waals surface area (Å²) in [5.41, 5.74) is 7.90. The minimum atomic E-state index is -0.495. The van der Waals surface area contributed by atoms with Crippen molar-refractivity contribution in [1.29, 1.82) is 0 Å². The zero-order valence-corrected chi connectivity index (χ0v) is 13.1. The van der Waals surface area contributed by atoms with Gasteiger partial charge in [0.2, 0.25) is 0 Å². The van der Waals surface area contributed by atoms with Gasteiger partial charge in [-0.1, -0.05) is 12.1 Å². The van der Waals surface area contributed by atoms with Gasteiger partial charge < -0.3 is 9.64 Å². The van der Waals surface area contributed by atoms with Gasteiger partial charge in [-0.05, 0) is 51.4 Å². The Bertz CT molecular complexity index is 453. The molecule has 1 aromatic carbocycles. The molecule has 0 aromatic heterocycles. The van der Waals surface area contributed by atoms with E-state index in [1.807, 2.05) is 26.0 Å². The largest absolute Gasteiger partial charge is 0.462 e. The van der Waals surface area contributed by atoms with Gasteiger partial charge in [0.1, 0.15) is 6.04 Å². The molecule has 0 saturated carbocycles. The molecule has 1 fully saturated rings. The second-order valence-corrected chi connectivity index (χ2v) is 5.60. The number of nitrogens with one attached hydrogen (secondary N) is 2. The molecule has 2 rings (SSSR count). The Kier molecular flexibility index (Phi) is 5.59. The molecule has 1 aromatic rings. The van der Waals surface area contributed by atoms with Crippen molar-refractivity contribution in [2.75, 3.05) is 25.0 Å². The molecule has 1 aliphatic heterocycles. The summed E-state index contributed by atoms with van der Waals surface area (Å²) < 4.78 is 5.30. The highest BCUT2D eigenvalue weighted by atomic mass is 16.5. The average molecular weight is 291 g/mol. The van der Waals surface area contributed by atoms with Crippen molar-refractivity contribution in [1.82, 2.24) is 10.9 Å². The Morgan fingerprint density at radius 1 is 1.19 bits per heavy atom. The van der Waals surface area contributed by atoms with Crippen molar-refractivity contribution in [2.24, 2.45) is 0 Å². The summed E-state index contributed by atoms with van der Waals surface area (Å²) >= 11 is 0. The highest BCUT2D eigenvalue weighted by Crippen LogP contribution is 2.23. The molecule has 0 aliphatic carbocycles. The van der Waals surface area contributed by atoms with Crippen LogP contribution in [-0.2, 0) is 9.53 Å². The molecule has 0 spiro atoms. The molecular formula is C16H25N3O2. The maximum absolute atomic E-state index is 12.2. The molecule has 1 unspecified atom stereocenters. The van der Waals surface area contributed by atoms with Crippen molar-refractivity contribution in [3.05, 3.63) is 29.8 Å². The van der Waals surface area contributed by atoms with Crippen LogP contribution >= 0.6 is 0 Å². The van der Waals surface area contributed by atoms with Gasteiger partial charge in [-0.3, -0.25) is 5.43 Å². The first-order valence-corrected chi connectivity index (χ1v) is 7.59. The minimum Gasteiger partial charge on any atom is -0.462 e. The number of carbonyl (C=O) groups excluding carboxylic acids is 1. The van der Waals surface area contributed by atoms with Gasteiger partial charge in [-0.15, -0.1) is 0 Å². The van der Waals surface area contributed by atoms with Crippen LogP contribution < -0.4 is 15.8 Å². The first-order valence-electron chi connectivity index (χ1n) is 7.59. The van der Waals surface area contributed by atoms with Crippen LogP contribution in [0.2, 0.25) is 0 Å². The van der Waals surface area contributed by atoms with E-state index >= 15 is 0 Å². The molecule has 0 bridgehead atoms. The number of hydrogen-bond donors (Lipinski definition) is 2. The van der Waals surface area contributed by atoms with Gasteiger partial charge in [0, 0.05) is 18.8 Å². The van der Waals surface area contributed by atoms with Crippen LogP contribution in [0.1, 0.15) is 38.3 Å². The monoisotopic (exact) mass is 291 g/mol. The summed E-state index contributed by atoms with van der Waals surface area (Å²) in [5, 5.41) is 0. The molecular weight excluding hydrogens is 266 g/mol. The van der Waals surface area contributed by atoms with E-state index in [1.54, 1.807) is 7.05 Å². The lowest BCUT2D eigenvalue weighted by atomic mass is 10.1. The van der Waals surface area contributed by atoms with Crippen LogP contribution in [0, 0.1) is 0 Å². The Balaban J connectivity index is 2.10. The van der Waals surface area contributed by atoms with Crippen molar-refractivity contribution in [3.63, 3.8) is 0 Å². The fourth-order valence-corrected chi connectivity index (χ4v) is 2.58. The second kappa shape index (κ2) is 7.43. The molecule has 1 aliphatic rings. The molecule has 5 heteroatoms. The molecule has 0 amide bonds. The Morgan fingerprint density at radius 3 is 2.33 bits per heavy atom. The Morgan fingerprint density at radius 2 is 1.81 bits per heavy atom. The van der Waals surface area contributed by atoms with Crippen LogP contribution in [0.25, 0.3) is 0 Å². The zero-order chi connectivity index (χ0) is 15.2. The van der Waals surface area contributed by atoms with Crippen LogP contribution in [0.15, 0.2) is 24.3 Å². The van der Waals surface area contributed by atoms with Crippen LogP contribution in [0.4, 0.5) is 5.69 Å². The highest BCUT2D eigenvalue weighted by Gasteiger charge is 2.22. The fourth-order valence-electron chi connectivity index (χ4n) is 2.58. The number of hydrogen-bond acceptors (Lipinski definition) is 5. The maximum atomic E-state index is 12.2. The lowest BCUT2D eigenvalue weighted by molar-refractivity contribution is -0.150. The molecule has 1 atom stereocenters. The van der Waals surface area contributed by atoms with Gasteiger partial charge >= 0.3 is 5.97 Å². The number of carbonyl (C=O) groups is 1. The van der Waals surface area contributed by atoms with E-state index in [2.05, 4.69) is 27.9 Å². The number of ether oxygens (including phenoxy) is 1. The molecule has 1 heterocycles. The van der Waals surface area contributed by atoms with Crippen molar-refractivity contribution in [3.8, 4) is 0 Å². The van der Waals surface area contributed by atoms with Crippen LogP contribution in [0.5, 0.6) is 0 Å². The zero-order valence-electron chi connectivity index (χ0n) is 13.1. The van der Waals surface area contributed by atoms with Crippen LogP contribution in [0.3, 0.4) is 0 Å². The van der Waals surface area contributed by atoms with Crippen molar-refractivity contribution in [2.45, 2.75) is 38.8 Å². The second-order valence-electron chi connectivity index (χ2n) is 5.60. The highest BCUT2D eigenvalue weighted by molar-refractivity contribution is 5.78. The third kappa shape index (κ3) is 4.19. The molecule has 1 saturated heterocycles. The van der Waals surface area contributed by atoms with Crippen LogP contribution in [-0.4, -0.2) is 32.2 Å². The summed E-state index contributed by atoms with van der Waals surface area (Å²) in [6.45, 7) is 5.94. The van der Waals surface area contributed by atoms with Crippen molar-refractivity contribution < 1.29 is 9.53 Å². The van der Waals surface area contributed by atoms with E-state index in [0.717, 1.165) is 18.7 Å². The van der Waals surface area contributed by atoms with E-state index in [-0.39, 0.29) is 12.1 Å². The lowest BCUT2D eigenvalue weighted by Crippen LogP contribution is -2.38. The summed E-state index contributed by atoms with van der Waals surface area (Å²) in [7, 11) is 1.74.